The van der Waals surface area contributed by atoms with E-state index in [2.05, 4.69) is 27.2 Å². The molecule has 0 amide bonds. The van der Waals surface area contributed by atoms with Gasteiger partial charge in [-0.15, -0.1) is 4.31 Å². The quantitative estimate of drug-likeness (QED) is 0.524. The van der Waals surface area contributed by atoms with Gasteiger partial charge in [-0.3, -0.25) is 9.36 Å². The maximum absolute atomic E-state index is 13.2. The van der Waals surface area contributed by atoms with E-state index >= 15 is 0 Å². The molecule has 29 heavy (non-hydrogen) atoms. The Kier molecular flexibility index (Phi) is 6.29. The fraction of sp³-hybridized carbons (Fsp3) is 0.684. The summed E-state index contributed by atoms with van der Waals surface area (Å²) in [5, 5.41) is 3.39. The van der Waals surface area contributed by atoms with Crippen LogP contribution in [0.4, 0.5) is 5.82 Å². The predicted molar refractivity (Wildman–Crippen MR) is 116 cm³/mol. The molecule has 1 saturated heterocycles. The molecule has 3 heterocycles. The molecule has 1 N–H and O–H groups in total. The Labute approximate surface area is 178 Å². The molecule has 0 bridgehead atoms. The number of hydrogen-bond acceptors (Lipinski definition) is 7. The van der Waals surface area contributed by atoms with Crippen LogP contribution in [0.15, 0.2) is 11.0 Å². The molecular weight excluding hydrogens is 412 g/mol. The first-order chi connectivity index (χ1) is 14.0. The molecule has 0 spiro atoms. The Hall–Kier alpha value is -1.42. The van der Waals surface area contributed by atoms with E-state index in [0.29, 0.717) is 41.1 Å². The lowest BCUT2D eigenvalue weighted by molar-refractivity contribution is 0.282. The first-order valence-electron chi connectivity index (χ1n) is 10.3. The first-order valence-corrected chi connectivity index (χ1v) is 12.0. The lowest BCUT2D eigenvalue weighted by Crippen LogP contribution is -2.41. The smallest absolute Gasteiger partial charge is 0.295 e. The topological polar surface area (TPSA) is 99.0 Å². The van der Waals surface area contributed by atoms with Crippen molar-refractivity contribution in [2.75, 3.05) is 30.7 Å². The van der Waals surface area contributed by atoms with Gasteiger partial charge >= 0.3 is 0 Å². The van der Waals surface area contributed by atoms with E-state index in [4.69, 9.17) is 11.6 Å². The van der Waals surface area contributed by atoms with Crippen LogP contribution in [-0.2, 0) is 11.4 Å². The fourth-order valence-electron chi connectivity index (χ4n) is 4.00. The summed E-state index contributed by atoms with van der Waals surface area (Å²) >= 11 is 5.11. The molecule has 4 rings (SSSR count). The zero-order chi connectivity index (χ0) is 20.5. The van der Waals surface area contributed by atoms with Gasteiger partial charge < -0.3 is 9.87 Å². The van der Waals surface area contributed by atoms with E-state index in [1.807, 2.05) is 11.2 Å². The molecule has 0 aromatic carbocycles. The summed E-state index contributed by atoms with van der Waals surface area (Å²) in [5.74, 6) is 1.92. The van der Waals surface area contributed by atoms with E-state index < -0.39 is 11.4 Å². The van der Waals surface area contributed by atoms with Crippen LogP contribution in [0.1, 0.15) is 45.6 Å². The second-order valence-corrected chi connectivity index (χ2v) is 10.00. The van der Waals surface area contributed by atoms with Crippen molar-refractivity contribution in [3.63, 3.8) is 0 Å². The molecule has 1 unspecified atom stereocenters. The van der Waals surface area contributed by atoms with Crippen molar-refractivity contribution in [1.82, 2.24) is 23.8 Å². The minimum absolute atomic E-state index is 0.0479. The Balaban J connectivity index is 1.53. The van der Waals surface area contributed by atoms with Crippen LogP contribution < -0.4 is 10.9 Å². The molecule has 1 saturated carbocycles. The van der Waals surface area contributed by atoms with Crippen LogP contribution in [0.25, 0.3) is 11.2 Å². The summed E-state index contributed by atoms with van der Waals surface area (Å²) in [5.41, 5.74) is 0.906. The van der Waals surface area contributed by atoms with E-state index in [-0.39, 0.29) is 16.9 Å². The second kappa shape index (κ2) is 8.75. The highest BCUT2D eigenvalue weighted by Gasteiger charge is 2.32. The molecule has 1 aliphatic heterocycles. The Morgan fingerprint density at radius 1 is 1.31 bits per heavy atom. The molecule has 2 atom stereocenters. The second-order valence-electron chi connectivity index (χ2n) is 7.92. The Bertz CT molecular complexity index is 929. The summed E-state index contributed by atoms with van der Waals surface area (Å²) < 4.78 is 15.7. The first kappa shape index (κ1) is 20.8. The van der Waals surface area contributed by atoms with Gasteiger partial charge in [-0.2, -0.15) is 4.98 Å². The van der Waals surface area contributed by atoms with Gasteiger partial charge in [-0.25, -0.2) is 9.97 Å². The minimum Gasteiger partial charge on any atom is -0.598 e. The van der Waals surface area contributed by atoms with Crippen molar-refractivity contribution in [2.24, 2.45) is 11.8 Å². The summed E-state index contributed by atoms with van der Waals surface area (Å²) in [7, 11) is 0. The minimum atomic E-state index is -0.874. The molecule has 10 heteroatoms. The average Bonchev–Trinajstić information content (AvgIpc) is 3.57. The lowest BCUT2D eigenvalue weighted by atomic mass is 9.98. The van der Waals surface area contributed by atoms with Crippen molar-refractivity contribution in [2.45, 2.75) is 45.6 Å². The normalized spacial score (nSPS) is 20.7. The van der Waals surface area contributed by atoms with Gasteiger partial charge in [0.2, 0.25) is 5.28 Å². The third-order valence-corrected chi connectivity index (χ3v) is 7.60. The molecule has 2 aliphatic rings. The zero-order valence-electron chi connectivity index (χ0n) is 16.8. The lowest BCUT2D eigenvalue weighted by Gasteiger charge is -2.31. The van der Waals surface area contributed by atoms with Gasteiger partial charge in [0.15, 0.2) is 11.5 Å². The SMILES string of the molecule is CC[S+]([O-])N1CCC(CNc2nc3cnc(Cl)nc3n([C@@H](C)C3CC3)c2=O)CC1. The zero-order valence-corrected chi connectivity index (χ0v) is 18.4. The van der Waals surface area contributed by atoms with E-state index in [9.17, 15) is 9.35 Å². The summed E-state index contributed by atoms with van der Waals surface area (Å²) in [6, 6.07) is 0.0479. The average molecular weight is 439 g/mol. The standard InChI is InChI=1S/C19H27ClN6O2S/c1-3-29(28)25-8-6-13(7-9-25)10-21-16-18(27)26(12(2)14-4-5-14)17-15(23-16)11-22-19(20)24-17/h11-14H,3-10H2,1-2H3,(H,21,23)/t12-,29?/m0/s1. The molecule has 0 radical (unpaired) electrons. The largest absolute Gasteiger partial charge is 0.598 e. The van der Waals surface area contributed by atoms with Crippen molar-refractivity contribution in [1.29, 1.82) is 0 Å². The Morgan fingerprint density at radius 2 is 2.03 bits per heavy atom. The predicted octanol–water partition coefficient (Wildman–Crippen LogP) is 2.62. The van der Waals surface area contributed by atoms with Crippen molar-refractivity contribution >= 4 is 39.9 Å². The van der Waals surface area contributed by atoms with Crippen LogP contribution in [0, 0.1) is 11.8 Å². The number of nitrogens with zero attached hydrogens (tertiary/aromatic N) is 5. The van der Waals surface area contributed by atoms with Crippen LogP contribution in [0.2, 0.25) is 5.28 Å². The highest BCUT2D eigenvalue weighted by molar-refractivity contribution is 7.89. The number of aromatic nitrogens is 4. The summed E-state index contributed by atoms with van der Waals surface area (Å²) in [6.45, 7) is 6.33. The number of anilines is 1. The number of halogens is 1. The third-order valence-electron chi connectivity index (χ3n) is 5.98. The van der Waals surface area contributed by atoms with Gasteiger partial charge in [-0.05, 0) is 63.0 Å². The van der Waals surface area contributed by atoms with Gasteiger partial charge in [0.05, 0.1) is 6.20 Å². The van der Waals surface area contributed by atoms with E-state index in [0.717, 1.165) is 38.8 Å². The van der Waals surface area contributed by atoms with Crippen LogP contribution in [-0.4, -0.2) is 53.8 Å². The summed E-state index contributed by atoms with van der Waals surface area (Å²) in [6.07, 6.45) is 5.73. The molecule has 8 nitrogen and oxygen atoms in total. The van der Waals surface area contributed by atoms with Crippen molar-refractivity contribution in [3.8, 4) is 0 Å². The number of fused-ring (bicyclic) bond motifs is 1. The maximum Gasteiger partial charge on any atom is 0.295 e. The number of rotatable bonds is 7. The van der Waals surface area contributed by atoms with Gasteiger partial charge in [-0.1, -0.05) is 0 Å². The van der Waals surface area contributed by atoms with Crippen LogP contribution in [0.5, 0.6) is 0 Å². The maximum atomic E-state index is 13.2. The van der Waals surface area contributed by atoms with Gasteiger partial charge in [0.1, 0.15) is 11.3 Å². The van der Waals surface area contributed by atoms with Gasteiger partial charge in [0, 0.05) is 37.0 Å². The van der Waals surface area contributed by atoms with Crippen LogP contribution >= 0.6 is 11.6 Å². The van der Waals surface area contributed by atoms with E-state index in [1.165, 1.54) is 0 Å². The van der Waals surface area contributed by atoms with Crippen LogP contribution in [0.3, 0.4) is 0 Å². The molecule has 2 aromatic heterocycles. The van der Waals surface area contributed by atoms with Crippen molar-refractivity contribution in [3.05, 3.63) is 21.8 Å². The molecule has 158 valence electrons. The van der Waals surface area contributed by atoms with Crippen molar-refractivity contribution < 1.29 is 4.55 Å². The van der Waals surface area contributed by atoms with E-state index in [1.54, 1.807) is 10.8 Å². The molecular formula is C19H27ClN6O2S. The monoisotopic (exact) mass is 438 g/mol. The molecule has 2 fully saturated rings. The highest BCUT2D eigenvalue weighted by Crippen LogP contribution is 2.39. The third kappa shape index (κ3) is 4.52. The molecule has 2 aromatic rings. The van der Waals surface area contributed by atoms with Gasteiger partial charge in [0.25, 0.3) is 5.56 Å². The number of nitrogens with one attached hydrogen (secondary N) is 1. The molecule has 1 aliphatic carbocycles. The summed E-state index contributed by atoms with van der Waals surface area (Å²) in [4.78, 5) is 26.0. The number of piperidine rings is 1. The number of hydrogen-bond donors (Lipinski definition) is 1. The highest BCUT2D eigenvalue weighted by atomic mass is 35.5. The Morgan fingerprint density at radius 3 is 2.69 bits per heavy atom. The fourth-order valence-corrected chi connectivity index (χ4v) is 5.12.